The molecule has 1 unspecified atom stereocenters. The third-order valence-electron chi connectivity index (χ3n) is 5.29. The molecule has 0 radical (unpaired) electrons. The highest BCUT2D eigenvalue weighted by atomic mass is 19.4. The molecule has 4 nitrogen and oxygen atoms in total. The van der Waals surface area contributed by atoms with Crippen LogP contribution >= 0.6 is 0 Å². The lowest BCUT2D eigenvalue weighted by atomic mass is 10.00. The molecule has 2 aliphatic heterocycles. The summed E-state index contributed by atoms with van der Waals surface area (Å²) in [5.41, 5.74) is 1.21. The van der Waals surface area contributed by atoms with Crippen LogP contribution in [-0.2, 0) is 23.9 Å². The Kier molecular flexibility index (Phi) is 4.52. The minimum absolute atomic E-state index is 0.0295. The van der Waals surface area contributed by atoms with Crippen molar-refractivity contribution in [1.82, 2.24) is 14.5 Å². The Bertz CT molecular complexity index is 779. The van der Waals surface area contributed by atoms with Crippen LogP contribution in [-0.4, -0.2) is 40.7 Å². The Morgan fingerprint density at radius 2 is 1.85 bits per heavy atom. The Balaban J connectivity index is 1.71. The summed E-state index contributed by atoms with van der Waals surface area (Å²) >= 11 is 0. The highest BCUT2D eigenvalue weighted by Crippen LogP contribution is 2.37. The summed E-state index contributed by atoms with van der Waals surface area (Å²) in [5.74, 6) is 0.362. The first kappa shape index (κ1) is 17.5. The lowest BCUT2D eigenvalue weighted by Gasteiger charge is -2.32. The van der Waals surface area contributed by atoms with Gasteiger partial charge in [-0.2, -0.15) is 13.2 Å². The molecule has 7 heteroatoms. The van der Waals surface area contributed by atoms with Crippen LogP contribution in [0.4, 0.5) is 13.2 Å². The number of benzene rings is 1. The third-order valence-corrected chi connectivity index (χ3v) is 5.29. The number of aromatic nitrogens is 2. The molecular weight excluding hydrogens is 343 g/mol. The average Bonchev–Trinajstić information content (AvgIpc) is 2.99. The van der Waals surface area contributed by atoms with Gasteiger partial charge in [0.05, 0.1) is 6.10 Å². The maximum atomic E-state index is 13.2. The first-order valence-electron chi connectivity index (χ1n) is 8.98. The van der Waals surface area contributed by atoms with Crippen molar-refractivity contribution in [3.8, 4) is 0 Å². The molecule has 0 N–H and O–H groups in total. The second-order valence-electron chi connectivity index (χ2n) is 7.14. The van der Waals surface area contributed by atoms with Gasteiger partial charge in [0.25, 0.3) is 0 Å². The molecule has 3 heterocycles. The normalized spacial score (nSPS) is 21.9. The minimum Gasteiger partial charge on any atom is -0.362 e. The first-order chi connectivity index (χ1) is 12.4. The Labute approximate surface area is 150 Å². The Morgan fingerprint density at radius 1 is 1.12 bits per heavy atom. The van der Waals surface area contributed by atoms with Gasteiger partial charge in [0, 0.05) is 25.8 Å². The molecule has 0 saturated carbocycles. The molecule has 1 atom stereocenters. The fourth-order valence-electron chi connectivity index (χ4n) is 3.80. The lowest BCUT2D eigenvalue weighted by molar-refractivity contribution is -0.141. The van der Waals surface area contributed by atoms with E-state index in [-0.39, 0.29) is 6.10 Å². The van der Waals surface area contributed by atoms with E-state index in [1.54, 1.807) is 4.57 Å². The van der Waals surface area contributed by atoms with E-state index >= 15 is 0 Å². The topological polar surface area (TPSA) is 30.3 Å². The van der Waals surface area contributed by atoms with E-state index < -0.39 is 18.0 Å². The molecule has 0 amide bonds. The summed E-state index contributed by atoms with van der Waals surface area (Å²) in [5, 5.41) is 0. The molecule has 1 aromatic heterocycles. The molecule has 0 spiro atoms. The van der Waals surface area contributed by atoms with Crippen LogP contribution in [0.1, 0.15) is 41.6 Å². The van der Waals surface area contributed by atoms with Crippen molar-refractivity contribution in [1.29, 1.82) is 0 Å². The van der Waals surface area contributed by atoms with Gasteiger partial charge < -0.3 is 14.2 Å². The molecule has 1 saturated heterocycles. The molecule has 140 valence electrons. The number of alkyl halides is 3. The van der Waals surface area contributed by atoms with Crippen LogP contribution < -0.4 is 0 Å². The third kappa shape index (κ3) is 3.38. The van der Waals surface area contributed by atoms with Crippen LogP contribution in [0.2, 0.25) is 0 Å². The fraction of sp³-hybridized carbons (Fsp3) is 0.526. The predicted molar refractivity (Wildman–Crippen MR) is 90.8 cm³/mol. The molecule has 1 aromatic carbocycles. The average molecular weight is 365 g/mol. The highest BCUT2D eigenvalue weighted by molar-refractivity contribution is 5.35. The van der Waals surface area contributed by atoms with Crippen molar-refractivity contribution < 1.29 is 17.9 Å². The zero-order valence-electron chi connectivity index (χ0n) is 14.7. The number of imidazole rings is 1. The molecule has 2 aliphatic rings. The van der Waals surface area contributed by atoms with Gasteiger partial charge >= 0.3 is 6.18 Å². The van der Waals surface area contributed by atoms with Crippen LogP contribution in [0, 0.1) is 0 Å². The number of aryl methyl sites for hydroxylation is 2. The zero-order valence-corrected chi connectivity index (χ0v) is 14.7. The highest BCUT2D eigenvalue weighted by Gasteiger charge is 2.38. The molecule has 26 heavy (non-hydrogen) atoms. The standard InChI is InChI=1S/C19H22F3N3O/c1-24-9-7-14(8-10-24)26-17-15-5-3-2-4-13(15)6-11-25-12-16(19(20,21)22)23-18(17)25/h2-5,12,14,17H,6-11H2,1H3. The summed E-state index contributed by atoms with van der Waals surface area (Å²) in [6.07, 6.45) is -1.43. The fourth-order valence-corrected chi connectivity index (χ4v) is 3.80. The number of ether oxygens (including phenoxy) is 1. The summed E-state index contributed by atoms with van der Waals surface area (Å²) in [6, 6.07) is 7.85. The van der Waals surface area contributed by atoms with Gasteiger partial charge in [0.2, 0.25) is 0 Å². The largest absolute Gasteiger partial charge is 0.434 e. The van der Waals surface area contributed by atoms with Crippen LogP contribution in [0.3, 0.4) is 0 Å². The van der Waals surface area contributed by atoms with Gasteiger partial charge in [-0.15, -0.1) is 0 Å². The number of hydrogen-bond donors (Lipinski definition) is 0. The van der Waals surface area contributed by atoms with E-state index in [4.69, 9.17) is 4.74 Å². The lowest BCUT2D eigenvalue weighted by Crippen LogP contribution is -2.35. The number of fused-ring (bicyclic) bond motifs is 2. The second-order valence-corrected chi connectivity index (χ2v) is 7.14. The molecular formula is C19H22F3N3O. The van der Waals surface area contributed by atoms with Crippen LogP contribution in [0.5, 0.6) is 0 Å². The van der Waals surface area contributed by atoms with Crippen molar-refractivity contribution >= 4 is 0 Å². The molecule has 4 rings (SSSR count). The summed E-state index contributed by atoms with van der Waals surface area (Å²) in [4.78, 5) is 6.19. The van der Waals surface area contributed by atoms with Gasteiger partial charge in [-0.05, 0) is 37.4 Å². The number of piperidine rings is 1. The quantitative estimate of drug-likeness (QED) is 0.814. The van der Waals surface area contributed by atoms with Gasteiger partial charge in [-0.1, -0.05) is 24.3 Å². The van der Waals surface area contributed by atoms with Gasteiger partial charge in [-0.3, -0.25) is 0 Å². The van der Waals surface area contributed by atoms with E-state index in [1.165, 1.54) is 0 Å². The number of nitrogens with zero attached hydrogens (tertiary/aromatic N) is 3. The molecule has 0 bridgehead atoms. The molecule has 1 fully saturated rings. The Morgan fingerprint density at radius 3 is 2.58 bits per heavy atom. The van der Waals surface area contributed by atoms with Crippen molar-refractivity contribution in [3.63, 3.8) is 0 Å². The number of likely N-dealkylation sites (tertiary alicyclic amines) is 1. The van der Waals surface area contributed by atoms with E-state index in [1.807, 2.05) is 24.3 Å². The van der Waals surface area contributed by atoms with E-state index in [2.05, 4.69) is 16.9 Å². The molecule has 0 aliphatic carbocycles. The zero-order chi connectivity index (χ0) is 18.3. The Hall–Kier alpha value is -1.86. The SMILES string of the molecule is CN1CCC(OC2c3ccccc3CCn3cc(C(F)(F)F)nc32)CC1. The van der Waals surface area contributed by atoms with Gasteiger partial charge in [-0.25, -0.2) is 4.98 Å². The van der Waals surface area contributed by atoms with Crippen molar-refractivity contribution in [2.24, 2.45) is 0 Å². The monoisotopic (exact) mass is 365 g/mol. The first-order valence-corrected chi connectivity index (χ1v) is 8.98. The van der Waals surface area contributed by atoms with Crippen LogP contribution in [0.25, 0.3) is 0 Å². The number of rotatable bonds is 2. The van der Waals surface area contributed by atoms with Gasteiger partial charge in [0.1, 0.15) is 11.9 Å². The van der Waals surface area contributed by atoms with E-state index in [0.717, 1.165) is 43.3 Å². The number of hydrogen-bond acceptors (Lipinski definition) is 3. The van der Waals surface area contributed by atoms with Crippen molar-refractivity contribution in [2.75, 3.05) is 20.1 Å². The minimum atomic E-state index is -4.45. The van der Waals surface area contributed by atoms with Gasteiger partial charge in [0.15, 0.2) is 5.69 Å². The smallest absolute Gasteiger partial charge is 0.362 e. The van der Waals surface area contributed by atoms with Crippen molar-refractivity contribution in [2.45, 2.75) is 44.2 Å². The summed E-state index contributed by atoms with van der Waals surface area (Å²) in [7, 11) is 2.07. The number of halogens is 3. The van der Waals surface area contributed by atoms with Crippen LogP contribution in [0.15, 0.2) is 30.5 Å². The van der Waals surface area contributed by atoms with Crippen molar-refractivity contribution in [3.05, 3.63) is 53.1 Å². The van der Waals surface area contributed by atoms with E-state index in [9.17, 15) is 13.2 Å². The second kappa shape index (κ2) is 6.70. The van der Waals surface area contributed by atoms with E-state index in [0.29, 0.717) is 18.8 Å². The molecule has 2 aromatic rings. The maximum absolute atomic E-state index is 13.2. The summed E-state index contributed by atoms with van der Waals surface area (Å²) < 4.78 is 47.5. The maximum Gasteiger partial charge on any atom is 0.434 e. The predicted octanol–water partition coefficient (Wildman–Crippen LogP) is 3.66. The summed E-state index contributed by atoms with van der Waals surface area (Å²) in [6.45, 7) is 2.34.